The number of benzene rings is 1. The molecule has 1 amide bonds. The highest BCUT2D eigenvalue weighted by Crippen LogP contribution is 2.33. The van der Waals surface area contributed by atoms with Crippen molar-refractivity contribution in [2.75, 3.05) is 13.6 Å². The van der Waals surface area contributed by atoms with Crippen LogP contribution in [0.2, 0.25) is 0 Å². The first-order chi connectivity index (χ1) is 8.85. The Kier molecular flexibility index (Phi) is 8.82. The molecule has 0 radical (unpaired) electrons. The van der Waals surface area contributed by atoms with E-state index < -0.39 is 4.75 Å². The minimum absolute atomic E-state index is 0. The van der Waals surface area contributed by atoms with E-state index in [1.807, 2.05) is 52.1 Å². The molecule has 0 saturated heterocycles. The summed E-state index contributed by atoms with van der Waals surface area (Å²) in [5.41, 5.74) is 0. The van der Waals surface area contributed by atoms with Gasteiger partial charge in [0.15, 0.2) is 0 Å². The zero-order valence-electron chi connectivity index (χ0n) is 12.2. The van der Waals surface area contributed by atoms with Crippen LogP contribution in [-0.4, -0.2) is 30.3 Å². The molecule has 20 heavy (non-hydrogen) atoms. The summed E-state index contributed by atoms with van der Waals surface area (Å²) in [6, 6.07) is 8.27. The first-order valence-corrected chi connectivity index (χ1v) is 7.86. The normalized spacial score (nSPS) is 12.4. The van der Waals surface area contributed by atoms with Crippen molar-refractivity contribution in [2.45, 2.75) is 36.5 Å². The number of nitrogens with one attached hydrogen (secondary N) is 2. The minimum Gasteiger partial charge on any atom is -0.353 e. The van der Waals surface area contributed by atoms with Crippen LogP contribution < -0.4 is 10.6 Å². The maximum absolute atomic E-state index is 12.2. The first-order valence-electron chi connectivity index (χ1n) is 6.25. The largest absolute Gasteiger partial charge is 0.353 e. The van der Waals surface area contributed by atoms with E-state index in [0.29, 0.717) is 6.54 Å². The Morgan fingerprint density at radius 1 is 1.35 bits per heavy atom. The molecule has 0 saturated carbocycles. The molecule has 0 bridgehead atoms. The molecule has 0 spiro atoms. The highest BCUT2D eigenvalue weighted by atomic mass is 79.9. The molecule has 6 heteroatoms. The van der Waals surface area contributed by atoms with Crippen molar-refractivity contribution in [3.8, 4) is 0 Å². The van der Waals surface area contributed by atoms with E-state index in [1.165, 1.54) is 0 Å². The van der Waals surface area contributed by atoms with Crippen molar-refractivity contribution in [3.05, 3.63) is 28.7 Å². The van der Waals surface area contributed by atoms with Crippen molar-refractivity contribution in [3.63, 3.8) is 0 Å². The standard InChI is InChI=1S/C14H21BrN2OS.ClH/c1-10(16-4)9-17-13(18)14(2,3)19-12-7-5-11(15)6-8-12;/h5-8,10,16H,9H2,1-4H3,(H,17,18);1H. The number of rotatable bonds is 6. The van der Waals surface area contributed by atoms with Gasteiger partial charge in [-0.1, -0.05) is 15.9 Å². The molecule has 0 aliphatic heterocycles. The van der Waals surface area contributed by atoms with Gasteiger partial charge in [0.1, 0.15) is 0 Å². The monoisotopic (exact) mass is 380 g/mol. The van der Waals surface area contributed by atoms with Crippen LogP contribution in [0.25, 0.3) is 0 Å². The molecule has 1 unspecified atom stereocenters. The van der Waals surface area contributed by atoms with Crippen LogP contribution in [0.1, 0.15) is 20.8 Å². The van der Waals surface area contributed by atoms with E-state index in [1.54, 1.807) is 11.8 Å². The molecule has 114 valence electrons. The summed E-state index contributed by atoms with van der Waals surface area (Å²) in [6.07, 6.45) is 0. The number of likely N-dealkylation sites (N-methyl/N-ethyl adjacent to an activating group) is 1. The summed E-state index contributed by atoms with van der Waals surface area (Å²) in [6.45, 7) is 6.56. The van der Waals surface area contributed by atoms with Crippen LogP contribution in [0.4, 0.5) is 0 Å². The fraction of sp³-hybridized carbons (Fsp3) is 0.500. The number of hydrogen-bond acceptors (Lipinski definition) is 3. The van der Waals surface area contributed by atoms with Gasteiger partial charge in [0.05, 0.1) is 4.75 Å². The predicted octanol–water partition coefficient (Wildman–Crippen LogP) is 3.47. The molecule has 3 nitrogen and oxygen atoms in total. The molecule has 1 atom stereocenters. The van der Waals surface area contributed by atoms with E-state index >= 15 is 0 Å². The number of hydrogen-bond donors (Lipinski definition) is 2. The molecular formula is C14H22BrClN2OS. The van der Waals surface area contributed by atoms with Crippen LogP contribution in [0.5, 0.6) is 0 Å². The lowest BCUT2D eigenvalue weighted by Gasteiger charge is -2.24. The zero-order valence-corrected chi connectivity index (χ0v) is 15.4. The second-order valence-electron chi connectivity index (χ2n) is 4.97. The summed E-state index contributed by atoms with van der Waals surface area (Å²) in [7, 11) is 1.89. The SMILES string of the molecule is CNC(C)CNC(=O)C(C)(C)Sc1ccc(Br)cc1.Cl. The molecular weight excluding hydrogens is 360 g/mol. The molecule has 1 aromatic rings. The van der Waals surface area contributed by atoms with E-state index in [0.717, 1.165) is 9.37 Å². The molecule has 0 heterocycles. The second-order valence-corrected chi connectivity index (χ2v) is 7.58. The van der Waals surface area contributed by atoms with Crippen molar-refractivity contribution in [1.29, 1.82) is 0 Å². The third-order valence-electron chi connectivity index (χ3n) is 2.80. The van der Waals surface area contributed by atoms with Gasteiger partial charge in [0.25, 0.3) is 0 Å². The van der Waals surface area contributed by atoms with Gasteiger partial charge in [0, 0.05) is 22.0 Å². The van der Waals surface area contributed by atoms with Gasteiger partial charge < -0.3 is 10.6 Å². The third kappa shape index (κ3) is 6.48. The molecule has 1 rings (SSSR count). The Balaban J connectivity index is 0.00000361. The Hall–Kier alpha value is -0.230. The average Bonchev–Trinajstić information content (AvgIpc) is 2.37. The Labute approximate surface area is 140 Å². The highest BCUT2D eigenvalue weighted by molar-refractivity contribution is 9.10. The number of carbonyl (C=O) groups excluding carboxylic acids is 1. The topological polar surface area (TPSA) is 41.1 Å². The van der Waals surface area contributed by atoms with Crippen molar-refractivity contribution in [2.24, 2.45) is 0 Å². The lowest BCUT2D eigenvalue weighted by Crippen LogP contribution is -2.44. The van der Waals surface area contributed by atoms with E-state index in [4.69, 9.17) is 0 Å². The van der Waals surface area contributed by atoms with Gasteiger partial charge in [-0.25, -0.2) is 0 Å². The predicted molar refractivity (Wildman–Crippen MR) is 92.9 cm³/mol. The van der Waals surface area contributed by atoms with E-state index in [9.17, 15) is 4.79 Å². The molecule has 0 aliphatic carbocycles. The van der Waals surface area contributed by atoms with Gasteiger partial charge in [0.2, 0.25) is 5.91 Å². The van der Waals surface area contributed by atoms with Crippen LogP contribution in [0, 0.1) is 0 Å². The van der Waals surface area contributed by atoms with Gasteiger partial charge >= 0.3 is 0 Å². The van der Waals surface area contributed by atoms with Gasteiger partial charge in [-0.2, -0.15) is 0 Å². The Morgan fingerprint density at radius 2 is 1.90 bits per heavy atom. The summed E-state index contributed by atoms with van der Waals surface area (Å²) < 4.78 is 0.559. The molecule has 2 N–H and O–H groups in total. The van der Waals surface area contributed by atoms with Crippen LogP contribution in [-0.2, 0) is 4.79 Å². The molecule has 1 aromatic carbocycles. The second kappa shape index (κ2) is 8.93. The van der Waals surface area contributed by atoms with Crippen molar-refractivity contribution in [1.82, 2.24) is 10.6 Å². The maximum Gasteiger partial charge on any atom is 0.236 e. The lowest BCUT2D eigenvalue weighted by molar-refractivity contribution is -0.122. The highest BCUT2D eigenvalue weighted by Gasteiger charge is 2.28. The number of carbonyl (C=O) groups is 1. The van der Waals surface area contributed by atoms with Crippen molar-refractivity contribution >= 4 is 46.0 Å². The summed E-state index contributed by atoms with van der Waals surface area (Å²) in [5.74, 6) is 0.0579. The third-order valence-corrected chi connectivity index (χ3v) is 4.53. The zero-order chi connectivity index (χ0) is 14.5. The van der Waals surface area contributed by atoms with Crippen LogP contribution in [0.3, 0.4) is 0 Å². The van der Waals surface area contributed by atoms with Gasteiger partial charge in [-0.15, -0.1) is 24.2 Å². The summed E-state index contributed by atoms with van der Waals surface area (Å²) in [4.78, 5) is 13.3. The smallest absolute Gasteiger partial charge is 0.236 e. The molecule has 0 fully saturated rings. The minimum atomic E-state index is -0.485. The summed E-state index contributed by atoms with van der Waals surface area (Å²) >= 11 is 4.98. The van der Waals surface area contributed by atoms with Crippen LogP contribution in [0.15, 0.2) is 33.6 Å². The van der Waals surface area contributed by atoms with E-state index in [-0.39, 0.29) is 24.4 Å². The quantitative estimate of drug-likeness (QED) is 0.741. The van der Waals surface area contributed by atoms with Crippen LogP contribution >= 0.6 is 40.1 Å². The average molecular weight is 382 g/mol. The van der Waals surface area contributed by atoms with Gasteiger partial charge in [-0.3, -0.25) is 4.79 Å². The Bertz CT molecular complexity index is 426. The fourth-order valence-electron chi connectivity index (χ4n) is 1.40. The van der Waals surface area contributed by atoms with Gasteiger partial charge in [-0.05, 0) is 52.1 Å². The Morgan fingerprint density at radius 3 is 2.40 bits per heavy atom. The lowest BCUT2D eigenvalue weighted by atomic mass is 10.2. The summed E-state index contributed by atoms with van der Waals surface area (Å²) in [5, 5.41) is 6.07. The van der Waals surface area contributed by atoms with E-state index in [2.05, 4.69) is 26.6 Å². The van der Waals surface area contributed by atoms with Crippen molar-refractivity contribution < 1.29 is 4.79 Å². The number of thioether (sulfide) groups is 1. The molecule has 0 aliphatic rings. The maximum atomic E-state index is 12.2. The first kappa shape index (κ1) is 19.8. The fourth-order valence-corrected chi connectivity index (χ4v) is 2.69. The number of amides is 1. The number of halogens is 2. The molecule has 0 aromatic heterocycles.